The van der Waals surface area contributed by atoms with Crippen molar-refractivity contribution in [2.45, 2.75) is 20.3 Å². The van der Waals surface area contributed by atoms with Gasteiger partial charge >= 0.3 is 0 Å². The van der Waals surface area contributed by atoms with Gasteiger partial charge in [0, 0.05) is 34.4 Å². The summed E-state index contributed by atoms with van der Waals surface area (Å²) in [6.45, 7) is 4.96. The van der Waals surface area contributed by atoms with Crippen LogP contribution in [0, 0.1) is 13.8 Å². The molecule has 0 saturated carbocycles. The van der Waals surface area contributed by atoms with Crippen LogP contribution in [0.15, 0.2) is 42.6 Å². The highest BCUT2D eigenvalue weighted by molar-refractivity contribution is 7.80. The van der Waals surface area contributed by atoms with Gasteiger partial charge in [-0.15, -0.1) is 0 Å². The summed E-state index contributed by atoms with van der Waals surface area (Å²) in [6.07, 6.45) is 2.90. The summed E-state index contributed by atoms with van der Waals surface area (Å²) < 4.78 is 0. The SMILES string of the molecule is Cc1ccc(NC(=S)NCCc2c[nH]c3ccc(Cl)cc23)cc1C. The molecule has 3 rings (SSSR count). The molecule has 0 fully saturated rings. The van der Waals surface area contributed by atoms with Crippen LogP contribution in [-0.4, -0.2) is 16.6 Å². The van der Waals surface area contributed by atoms with E-state index in [0.717, 1.165) is 34.6 Å². The van der Waals surface area contributed by atoms with Gasteiger partial charge in [-0.05, 0) is 79.5 Å². The van der Waals surface area contributed by atoms with Crippen LogP contribution in [0.2, 0.25) is 5.02 Å². The Morgan fingerprint density at radius 1 is 1.12 bits per heavy atom. The van der Waals surface area contributed by atoms with E-state index >= 15 is 0 Å². The number of hydrogen-bond donors (Lipinski definition) is 3. The highest BCUT2D eigenvalue weighted by Gasteiger charge is 2.05. The van der Waals surface area contributed by atoms with E-state index in [-0.39, 0.29) is 0 Å². The largest absolute Gasteiger partial charge is 0.362 e. The van der Waals surface area contributed by atoms with Gasteiger partial charge in [-0.1, -0.05) is 17.7 Å². The number of thiocarbonyl (C=S) groups is 1. The van der Waals surface area contributed by atoms with Gasteiger partial charge in [0.1, 0.15) is 0 Å². The fourth-order valence-corrected chi connectivity index (χ4v) is 3.05. The Morgan fingerprint density at radius 3 is 2.75 bits per heavy atom. The van der Waals surface area contributed by atoms with E-state index in [1.807, 2.05) is 30.5 Å². The first kappa shape index (κ1) is 16.8. The summed E-state index contributed by atoms with van der Waals surface area (Å²) in [5.74, 6) is 0. The van der Waals surface area contributed by atoms with E-state index in [1.54, 1.807) is 0 Å². The highest BCUT2D eigenvalue weighted by atomic mass is 35.5. The molecule has 5 heteroatoms. The van der Waals surface area contributed by atoms with Crippen LogP contribution in [0.5, 0.6) is 0 Å². The Labute approximate surface area is 152 Å². The first-order valence-electron chi connectivity index (χ1n) is 7.90. The number of H-pyrrole nitrogens is 1. The zero-order valence-electron chi connectivity index (χ0n) is 13.7. The van der Waals surface area contributed by atoms with E-state index in [9.17, 15) is 0 Å². The molecule has 3 nitrogen and oxygen atoms in total. The molecule has 3 N–H and O–H groups in total. The fraction of sp³-hybridized carbons (Fsp3) is 0.211. The summed E-state index contributed by atoms with van der Waals surface area (Å²) in [7, 11) is 0. The lowest BCUT2D eigenvalue weighted by Crippen LogP contribution is -2.30. The molecule has 24 heavy (non-hydrogen) atoms. The lowest BCUT2D eigenvalue weighted by molar-refractivity contribution is 0.878. The monoisotopic (exact) mass is 357 g/mol. The quantitative estimate of drug-likeness (QED) is 0.577. The molecule has 2 aromatic carbocycles. The van der Waals surface area contributed by atoms with Crippen LogP contribution >= 0.6 is 23.8 Å². The van der Waals surface area contributed by atoms with Crippen molar-refractivity contribution in [1.29, 1.82) is 0 Å². The number of benzene rings is 2. The fourth-order valence-electron chi connectivity index (χ4n) is 2.66. The minimum atomic E-state index is 0.635. The summed E-state index contributed by atoms with van der Waals surface area (Å²) in [6, 6.07) is 12.1. The molecule has 0 amide bonds. The minimum Gasteiger partial charge on any atom is -0.362 e. The lowest BCUT2D eigenvalue weighted by atomic mass is 10.1. The molecule has 0 saturated heterocycles. The molecule has 0 atom stereocenters. The number of aryl methyl sites for hydroxylation is 2. The highest BCUT2D eigenvalue weighted by Crippen LogP contribution is 2.22. The first-order valence-corrected chi connectivity index (χ1v) is 8.69. The van der Waals surface area contributed by atoms with Crippen molar-refractivity contribution in [2.24, 2.45) is 0 Å². The lowest BCUT2D eigenvalue weighted by Gasteiger charge is -2.11. The van der Waals surface area contributed by atoms with Crippen LogP contribution in [0.4, 0.5) is 5.69 Å². The number of aromatic amines is 1. The van der Waals surface area contributed by atoms with Crippen molar-refractivity contribution in [2.75, 3.05) is 11.9 Å². The van der Waals surface area contributed by atoms with Crippen molar-refractivity contribution >= 4 is 45.5 Å². The second kappa shape index (κ2) is 7.24. The third-order valence-electron chi connectivity index (χ3n) is 4.17. The minimum absolute atomic E-state index is 0.635. The summed E-state index contributed by atoms with van der Waals surface area (Å²) >= 11 is 11.5. The molecule has 0 spiro atoms. The maximum Gasteiger partial charge on any atom is 0.170 e. The third kappa shape index (κ3) is 3.89. The van der Waals surface area contributed by atoms with Crippen molar-refractivity contribution in [1.82, 2.24) is 10.3 Å². The number of nitrogens with one attached hydrogen (secondary N) is 3. The van der Waals surface area contributed by atoms with Crippen molar-refractivity contribution in [3.63, 3.8) is 0 Å². The Morgan fingerprint density at radius 2 is 1.96 bits per heavy atom. The molecule has 0 aliphatic rings. The molecule has 0 unspecified atom stereocenters. The van der Waals surface area contributed by atoms with Gasteiger partial charge in [-0.2, -0.15) is 0 Å². The molecule has 0 aliphatic heterocycles. The van der Waals surface area contributed by atoms with Crippen LogP contribution in [0.3, 0.4) is 0 Å². The second-order valence-corrected chi connectivity index (χ2v) is 6.78. The molecule has 3 aromatic rings. The van der Waals surface area contributed by atoms with E-state index in [2.05, 4.69) is 41.6 Å². The molecule has 0 bridgehead atoms. The molecular weight excluding hydrogens is 338 g/mol. The number of anilines is 1. The van der Waals surface area contributed by atoms with Gasteiger partial charge in [0.25, 0.3) is 0 Å². The molecule has 124 valence electrons. The summed E-state index contributed by atoms with van der Waals surface area (Å²) in [5, 5.41) is 9.04. The zero-order chi connectivity index (χ0) is 17.1. The van der Waals surface area contributed by atoms with Crippen LogP contribution in [-0.2, 0) is 6.42 Å². The number of halogens is 1. The zero-order valence-corrected chi connectivity index (χ0v) is 15.3. The predicted molar refractivity (Wildman–Crippen MR) is 107 cm³/mol. The van der Waals surface area contributed by atoms with Crippen LogP contribution < -0.4 is 10.6 Å². The standard InChI is InChI=1S/C19H20ClN3S/c1-12-3-5-16(9-13(12)2)23-19(24)21-8-7-14-11-22-18-6-4-15(20)10-17(14)18/h3-6,9-11,22H,7-8H2,1-2H3,(H2,21,23,24). The average molecular weight is 358 g/mol. The Bertz CT molecular complexity index is 885. The van der Waals surface area contributed by atoms with Gasteiger partial charge in [-0.3, -0.25) is 0 Å². The normalized spacial score (nSPS) is 10.8. The van der Waals surface area contributed by atoms with E-state index < -0.39 is 0 Å². The molecule has 0 aliphatic carbocycles. The maximum atomic E-state index is 6.09. The van der Waals surface area contributed by atoms with Crippen molar-refractivity contribution < 1.29 is 0 Å². The Hall–Kier alpha value is -2.04. The third-order valence-corrected chi connectivity index (χ3v) is 4.66. The van der Waals surface area contributed by atoms with Crippen molar-refractivity contribution in [3.8, 4) is 0 Å². The molecule has 1 heterocycles. The van der Waals surface area contributed by atoms with Crippen molar-refractivity contribution in [3.05, 3.63) is 64.3 Å². The predicted octanol–water partition coefficient (Wildman–Crippen LogP) is 4.97. The van der Waals surface area contributed by atoms with Gasteiger partial charge in [0.2, 0.25) is 0 Å². The molecular formula is C19H20ClN3S. The molecule has 1 aromatic heterocycles. The topological polar surface area (TPSA) is 39.8 Å². The van der Waals surface area contributed by atoms with Crippen LogP contribution in [0.1, 0.15) is 16.7 Å². The second-order valence-electron chi connectivity index (χ2n) is 5.93. The number of fused-ring (bicyclic) bond motifs is 1. The first-order chi connectivity index (χ1) is 11.5. The van der Waals surface area contributed by atoms with Gasteiger partial charge in [0.15, 0.2) is 5.11 Å². The maximum absolute atomic E-state index is 6.09. The summed E-state index contributed by atoms with van der Waals surface area (Å²) in [5.41, 5.74) is 5.87. The van der Waals surface area contributed by atoms with E-state index in [0.29, 0.717) is 5.11 Å². The van der Waals surface area contributed by atoms with E-state index in [4.69, 9.17) is 23.8 Å². The number of hydrogen-bond acceptors (Lipinski definition) is 1. The van der Waals surface area contributed by atoms with E-state index in [1.165, 1.54) is 16.7 Å². The van der Waals surface area contributed by atoms with Gasteiger partial charge < -0.3 is 15.6 Å². The molecule has 0 radical (unpaired) electrons. The smallest absolute Gasteiger partial charge is 0.170 e. The van der Waals surface area contributed by atoms with Crippen LogP contribution in [0.25, 0.3) is 10.9 Å². The number of rotatable bonds is 4. The number of aromatic nitrogens is 1. The van der Waals surface area contributed by atoms with Gasteiger partial charge in [-0.25, -0.2) is 0 Å². The Kier molecular flexibility index (Phi) is 5.07. The summed E-state index contributed by atoms with van der Waals surface area (Å²) in [4.78, 5) is 3.27. The Balaban J connectivity index is 1.56. The average Bonchev–Trinajstić information content (AvgIpc) is 2.93. The van der Waals surface area contributed by atoms with Gasteiger partial charge in [0.05, 0.1) is 0 Å².